The van der Waals surface area contributed by atoms with E-state index in [1.54, 1.807) is 0 Å². The molecule has 3 nitrogen and oxygen atoms in total. The highest BCUT2D eigenvalue weighted by molar-refractivity contribution is 7.99. The number of nitrogens with two attached hydrogens (primary N) is 1. The standard InChI is InChI=1S/C13H26N2OS/c1-4-15-13(12(14)16)8-5-6-11(13)7-9-17-10(2)3/h10-11,15H,4-9H2,1-3H3,(H2,14,16). The zero-order valence-corrected chi connectivity index (χ0v) is 12.1. The number of thioether (sulfide) groups is 1. The molecule has 2 unspecified atom stereocenters. The van der Waals surface area contributed by atoms with Gasteiger partial charge >= 0.3 is 0 Å². The van der Waals surface area contributed by atoms with Gasteiger partial charge in [0.2, 0.25) is 5.91 Å². The van der Waals surface area contributed by atoms with Crippen LogP contribution in [-0.4, -0.2) is 29.0 Å². The first-order valence-corrected chi connectivity index (χ1v) is 7.74. The Bertz CT molecular complexity index is 258. The summed E-state index contributed by atoms with van der Waals surface area (Å²) in [5.74, 6) is 1.39. The van der Waals surface area contributed by atoms with Crippen molar-refractivity contribution in [3.8, 4) is 0 Å². The minimum Gasteiger partial charge on any atom is -0.368 e. The number of likely N-dealkylation sites (N-methyl/N-ethyl adjacent to an activating group) is 1. The van der Waals surface area contributed by atoms with Gasteiger partial charge in [-0.05, 0) is 42.7 Å². The van der Waals surface area contributed by atoms with Gasteiger partial charge in [-0.3, -0.25) is 4.79 Å². The average Bonchev–Trinajstić information content (AvgIpc) is 2.63. The molecule has 1 fully saturated rings. The molecule has 0 aromatic carbocycles. The molecule has 100 valence electrons. The van der Waals surface area contributed by atoms with E-state index in [0.29, 0.717) is 11.2 Å². The van der Waals surface area contributed by atoms with Crippen LogP contribution < -0.4 is 11.1 Å². The van der Waals surface area contributed by atoms with Crippen molar-refractivity contribution in [2.45, 2.75) is 57.2 Å². The largest absolute Gasteiger partial charge is 0.368 e. The lowest BCUT2D eigenvalue weighted by molar-refractivity contribution is -0.125. The third-order valence-electron chi connectivity index (χ3n) is 3.67. The Balaban J connectivity index is 2.59. The first-order valence-electron chi connectivity index (χ1n) is 6.69. The summed E-state index contributed by atoms with van der Waals surface area (Å²) in [4.78, 5) is 11.8. The van der Waals surface area contributed by atoms with E-state index in [-0.39, 0.29) is 5.91 Å². The Morgan fingerprint density at radius 3 is 2.82 bits per heavy atom. The van der Waals surface area contributed by atoms with E-state index in [1.165, 1.54) is 0 Å². The highest BCUT2D eigenvalue weighted by atomic mass is 32.2. The molecule has 0 aromatic heterocycles. The number of nitrogens with one attached hydrogen (secondary N) is 1. The SMILES string of the molecule is CCNC1(C(N)=O)CCCC1CCSC(C)C. The molecule has 0 aromatic rings. The molecular weight excluding hydrogens is 232 g/mol. The molecule has 1 saturated carbocycles. The number of hydrogen-bond acceptors (Lipinski definition) is 3. The Kier molecular flexibility index (Phi) is 5.80. The summed E-state index contributed by atoms with van der Waals surface area (Å²) in [6.07, 6.45) is 4.26. The maximum absolute atomic E-state index is 11.8. The van der Waals surface area contributed by atoms with Gasteiger partial charge in [-0.2, -0.15) is 11.8 Å². The second-order valence-corrected chi connectivity index (χ2v) is 6.85. The molecule has 17 heavy (non-hydrogen) atoms. The molecule has 1 aliphatic rings. The summed E-state index contributed by atoms with van der Waals surface area (Å²) < 4.78 is 0. The third kappa shape index (κ3) is 3.62. The quantitative estimate of drug-likeness (QED) is 0.735. The molecule has 0 radical (unpaired) electrons. The maximum atomic E-state index is 11.8. The van der Waals surface area contributed by atoms with Crippen molar-refractivity contribution >= 4 is 17.7 Å². The summed E-state index contributed by atoms with van der Waals surface area (Å²) in [5.41, 5.74) is 5.21. The van der Waals surface area contributed by atoms with Crippen LogP contribution in [0.4, 0.5) is 0 Å². The molecule has 1 amide bonds. The Hall–Kier alpha value is -0.220. The summed E-state index contributed by atoms with van der Waals surface area (Å²) in [6, 6.07) is 0. The van der Waals surface area contributed by atoms with Crippen molar-refractivity contribution in [2.75, 3.05) is 12.3 Å². The van der Waals surface area contributed by atoms with Crippen molar-refractivity contribution in [3.05, 3.63) is 0 Å². The van der Waals surface area contributed by atoms with Crippen LogP contribution in [0.2, 0.25) is 0 Å². The van der Waals surface area contributed by atoms with E-state index in [9.17, 15) is 4.79 Å². The van der Waals surface area contributed by atoms with Crippen LogP contribution in [-0.2, 0) is 4.79 Å². The highest BCUT2D eigenvalue weighted by Gasteiger charge is 2.46. The molecular formula is C13H26N2OS. The predicted molar refractivity (Wildman–Crippen MR) is 75.2 cm³/mol. The van der Waals surface area contributed by atoms with Gasteiger partial charge in [0, 0.05) is 0 Å². The van der Waals surface area contributed by atoms with Gasteiger partial charge < -0.3 is 11.1 Å². The monoisotopic (exact) mass is 258 g/mol. The van der Waals surface area contributed by atoms with Crippen molar-refractivity contribution in [1.82, 2.24) is 5.32 Å². The number of amides is 1. The Morgan fingerprint density at radius 1 is 1.59 bits per heavy atom. The molecule has 2 atom stereocenters. The van der Waals surface area contributed by atoms with Crippen LogP contribution >= 0.6 is 11.8 Å². The van der Waals surface area contributed by atoms with E-state index in [0.717, 1.165) is 38.0 Å². The number of rotatable bonds is 7. The fourth-order valence-electron chi connectivity index (χ4n) is 2.87. The van der Waals surface area contributed by atoms with Crippen LogP contribution in [0.1, 0.15) is 46.5 Å². The highest BCUT2D eigenvalue weighted by Crippen LogP contribution is 2.38. The van der Waals surface area contributed by atoms with Gasteiger partial charge in [-0.25, -0.2) is 0 Å². The zero-order valence-electron chi connectivity index (χ0n) is 11.3. The lowest BCUT2D eigenvalue weighted by atomic mass is 9.84. The lowest BCUT2D eigenvalue weighted by Crippen LogP contribution is -2.57. The van der Waals surface area contributed by atoms with Gasteiger partial charge in [0.15, 0.2) is 0 Å². The molecule has 4 heteroatoms. The van der Waals surface area contributed by atoms with Crippen LogP contribution in [0.3, 0.4) is 0 Å². The van der Waals surface area contributed by atoms with Crippen molar-refractivity contribution in [1.29, 1.82) is 0 Å². The van der Waals surface area contributed by atoms with Crippen LogP contribution in [0.15, 0.2) is 0 Å². The third-order valence-corrected chi connectivity index (χ3v) is 4.81. The first kappa shape index (κ1) is 14.8. The second kappa shape index (κ2) is 6.64. The molecule has 0 bridgehead atoms. The van der Waals surface area contributed by atoms with E-state index >= 15 is 0 Å². The minimum absolute atomic E-state index is 0.156. The Morgan fingerprint density at radius 2 is 2.29 bits per heavy atom. The number of primary amides is 1. The van der Waals surface area contributed by atoms with E-state index < -0.39 is 5.54 Å². The van der Waals surface area contributed by atoms with Gasteiger partial charge in [-0.1, -0.05) is 27.2 Å². The molecule has 0 saturated heterocycles. The maximum Gasteiger partial charge on any atom is 0.238 e. The first-order chi connectivity index (χ1) is 8.03. The van der Waals surface area contributed by atoms with E-state index in [2.05, 4.69) is 19.2 Å². The Labute approximate surface area is 109 Å². The smallest absolute Gasteiger partial charge is 0.238 e. The normalized spacial score (nSPS) is 28.8. The van der Waals surface area contributed by atoms with Crippen LogP contribution in [0.25, 0.3) is 0 Å². The second-order valence-electron chi connectivity index (χ2n) is 5.16. The van der Waals surface area contributed by atoms with Crippen molar-refractivity contribution in [3.63, 3.8) is 0 Å². The molecule has 0 heterocycles. The molecule has 0 aliphatic heterocycles. The molecule has 3 N–H and O–H groups in total. The van der Waals surface area contributed by atoms with Gasteiger partial charge in [-0.15, -0.1) is 0 Å². The summed E-state index contributed by atoms with van der Waals surface area (Å²) in [7, 11) is 0. The summed E-state index contributed by atoms with van der Waals surface area (Å²) >= 11 is 1.97. The number of carbonyl (C=O) groups excluding carboxylic acids is 1. The number of carbonyl (C=O) groups is 1. The summed E-state index contributed by atoms with van der Waals surface area (Å²) in [5, 5.41) is 4.03. The number of hydrogen-bond donors (Lipinski definition) is 2. The zero-order chi connectivity index (χ0) is 12.9. The molecule has 0 spiro atoms. The van der Waals surface area contributed by atoms with Gasteiger partial charge in [0.1, 0.15) is 5.54 Å². The fraction of sp³-hybridized carbons (Fsp3) is 0.923. The topological polar surface area (TPSA) is 55.1 Å². The van der Waals surface area contributed by atoms with E-state index in [4.69, 9.17) is 5.73 Å². The van der Waals surface area contributed by atoms with Crippen molar-refractivity contribution in [2.24, 2.45) is 11.7 Å². The van der Waals surface area contributed by atoms with Gasteiger partial charge in [0.05, 0.1) is 0 Å². The average molecular weight is 258 g/mol. The molecule has 1 aliphatic carbocycles. The minimum atomic E-state index is -0.424. The fourth-order valence-corrected chi connectivity index (χ4v) is 3.77. The van der Waals surface area contributed by atoms with E-state index in [1.807, 2.05) is 18.7 Å². The predicted octanol–water partition coefficient (Wildman–Crippen LogP) is 2.15. The van der Waals surface area contributed by atoms with Gasteiger partial charge in [0.25, 0.3) is 0 Å². The van der Waals surface area contributed by atoms with Crippen molar-refractivity contribution < 1.29 is 4.79 Å². The van der Waals surface area contributed by atoms with Crippen LogP contribution in [0.5, 0.6) is 0 Å². The molecule has 1 rings (SSSR count). The lowest BCUT2D eigenvalue weighted by Gasteiger charge is -2.33. The summed E-state index contributed by atoms with van der Waals surface area (Å²) in [6.45, 7) is 7.29. The van der Waals surface area contributed by atoms with Crippen LogP contribution in [0, 0.1) is 5.92 Å².